The van der Waals surface area contributed by atoms with Crippen LogP contribution < -0.4 is 16.0 Å². The lowest BCUT2D eigenvalue weighted by atomic mass is 10.2. The first-order valence-electron chi connectivity index (χ1n) is 9.33. The van der Waals surface area contributed by atoms with Crippen LogP contribution in [0.1, 0.15) is 12.5 Å². The topological polar surface area (TPSA) is 83.9 Å². The number of carbonyl (C=O) groups excluding carboxylic acids is 1. The molecule has 0 unspecified atom stereocenters. The highest BCUT2D eigenvalue weighted by Crippen LogP contribution is 2.23. The van der Waals surface area contributed by atoms with Gasteiger partial charge in [0.2, 0.25) is 11.9 Å². The molecule has 0 atom stereocenters. The number of benzene rings is 2. The molecule has 0 saturated heterocycles. The molecule has 0 aliphatic rings. The van der Waals surface area contributed by atoms with Gasteiger partial charge in [-0.05, 0) is 29.8 Å². The molecule has 4 rings (SSSR count). The first kappa shape index (κ1) is 18.5. The molecule has 0 saturated carbocycles. The van der Waals surface area contributed by atoms with Gasteiger partial charge in [0.1, 0.15) is 11.3 Å². The van der Waals surface area contributed by atoms with Gasteiger partial charge in [-0.15, -0.1) is 0 Å². The average Bonchev–Trinajstić information content (AvgIpc) is 3.04. The Hall–Kier alpha value is -3.87. The van der Waals surface area contributed by atoms with Crippen LogP contribution in [0.3, 0.4) is 0 Å². The van der Waals surface area contributed by atoms with Gasteiger partial charge in [0.05, 0.1) is 11.7 Å². The van der Waals surface area contributed by atoms with Crippen LogP contribution in [-0.4, -0.2) is 20.4 Å². The summed E-state index contributed by atoms with van der Waals surface area (Å²) in [6, 6.07) is 19.7. The predicted octanol–water partition coefficient (Wildman–Crippen LogP) is 4.28. The number of hydrogen-bond donors (Lipinski definition) is 3. The Morgan fingerprint density at radius 2 is 1.76 bits per heavy atom. The number of carbonyl (C=O) groups is 1. The molecule has 2 aromatic heterocycles. The van der Waals surface area contributed by atoms with Crippen molar-refractivity contribution in [1.82, 2.24) is 14.5 Å². The number of pyridine rings is 1. The molecule has 4 aromatic rings. The van der Waals surface area contributed by atoms with Crippen molar-refractivity contribution in [3.8, 4) is 0 Å². The number of aryl methyl sites for hydroxylation is 1. The Labute approximate surface area is 168 Å². The maximum absolute atomic E-state index is 11.1. The van der Waals surface area contributed by atoms with Crippen LogP contribution in [-0.2, 0) is 18.4 Å². The van der Waals surface area contributed by atoms with Crippen LogP contribution in [0.5, 0.6) is 0 Å². The van der Waals surface area contributed by atoms with Crippen molar-refractivity contribution < 1.29 is 4.79 Å². The third-order valence-corrected chi connectivity index (χ3v) is 4.54. The summed E-state index contributed by atoms with van der Waals surface area (Å²) >= 11 is 0. The van der Waals surface area contributed by atoms with E-state index in [2.05, 4.69) is 38.1 Å². The fourth-order valence-electron chi connectivity index (χ4n) is 3.09. The van der Waals surface area contributed by atoms with Gasteiger partial charge in [-0.3, -0.25) is 4.79 Å². The van der Waals surface area contributed by atoms with Crippen LogP contribution in [0.2, 0.25) is 0 Å². The largest absolute Gasteiger partial charge is 0.352 e. The summed E-state index contributed by atoms with van der Waals surface area (Å²) in [6.45, 7) is 2.19. The average molecular weight is 386 g/mol. The molecule has 29 heavy (non-hydrogen) atoms. The smallest absolute Gasteiger partial charge is 0.221 e. The molecular weight excluding hydrogens is 364 g/mol. The van der Waals surface area contributed by atoms with E-state index in [1.165, 1.54) is 12.5 Å². The van der Waals surface area contributed by atoms with E-state index in [1.807, 2.05) is 60.1 Å². The van der Waals surface area contributed by atoms with Gasteiger partial charge in [-0.2, -0.15) is 0 Å². The normalized spacial score (nSPS) is 10.7. The van der Waals surface area contributed by atoms with E-state index in [1.54, 1.807) is 6.20 Å². The van der Waals surface area contributed by atoms with Crippen molar-refractivity contribution in [3.63, 3.8) is 0 Å². The molecular formula is C22H22N6O. The van der Waals surface area contributed by atoms with E-state index < -0.39 is 0 Å². The molecule has 2 heterocycles. The molecule has 7 nitrogen and oxygen atoms in total. The van der Waals surface area contributed by atoms with Gasteiger partial charge in [-0.25, -0.2) is 9.97 Å². The summed E-state index contributed by atoms with van der Waals surface area (Å²) in [5.41, 5.74) is 4.65. The second-order valence-electron chi connectivity index (χ2n) is 6.78. The number of hydrogen-bond acceptors (Lipinski definition) is 5. The zero-order valence-corrected chi connectivity index (χ0v) is 16.3. The molecule has 0 fully saturated rings. The lowest BCUT2D eigenvalue weighted by molar-refractivity contribution is -0.114. The molecule has 3 N–H and O–H groups in total. The standard InChI is InChI=1S/C22H22N6O/c1-15(29)25-17-8-10-18(11-9-17)26-21-12-20-19(14-23-21)27-22(28(20)2)24-13-16-6-4-3-5-7-16/h3-12,14H,13H2,1-2H3,(H,23,26)(H,24,27)(H,25,29). The maximum atomic E-state index is 11.1. The first-order chi connectivity index (χ1) is 14.1. The number of imidazole rings is 1. The number of nitrogens with one attached hydrogen (secondary N) is 3. The summed E-state index contributed by atoms with van der Waals surface area (Å²) in [4.78, 5) is 20.2. The van der Waals surface area contributed by atoms with Gasteiger partial charge < -0.3 is 20.5 Å². The molecule has 0 radical (unpaired) electrons. The summed E-state index contributed by atoms with van der Waals surface area (Å²) < 4.78 is 2.02. The Morgan fingerprint density at radius 1 is 1.03 bits per heavy atom. The third-order valence-electron chi connectivity index (χ3n) is 4.54. The number of amides is 1. The molecule has 146 valence electrons. The Balaban J connectivity index is 1.50. The highest BCUT2D eigenvalue weighted by molar-refractivity contribution is 5.89. The molecule has 1 amide bonds. The van der Waals surface area contributed by atoms with Crippen molar-refractivity contribution in [2.75, 3.05) is 16.0 Å². The van der Waals surface area contributed by atoms with E-state index in [0.29, 0.717) is 6.54 Å². The summed E-state index contributed by atoms with van der Waals surface area (Å²) in [5, 5.41) is 9.42. The Bertz CT molecular complexity index is 1140. The second kappa shape index (κ2) is 8.02. The minimum absolute atomic E-state index is 0.0919. The van der Waals surface area contributed by atoms with Crippen molar-refractivity contribution in [3.05, 3.63) is 72.4 Å². The van der Waals surface area contributed by atoms with Crippen LogP contribution in [0.15, 0.2) is 66.9 Å². The van der Waals surface area contributed by atoms with Crippen LogP contribution >= 0.6 is 0 Å². The number of fused-ring (bicyclic) bond motifs is 1. The Morgan fingerprint density at radius 3 is 2.48 bits per heavy atom. The van der Waals surface area contributed by atoms with Gasteiger partial charge in [-0.1, -0.05) is 30.3 Å². The van der Waals surface area contributed by atoms with Crippen molar-refractivity contribution in [2.24, 2.45) is 7.05 Å². The van der Waals surface area contributed by atoms with Crippen LogP contribution in [0.25, 0.3) is 11.0 Å². The highest BCUT2D eigenvalue weighted by atomic mass is 16.1. The van der Waals surface area contributed by atoms with E-state index in [0.717, 1.165) is 34.2 Å². The van der Waals surface area contributed by atoms with E-state index >= 15 is 0 Å². The van der Waals surface area contributed by atoms with E-state index in [4.69, 9.17) is 0 Å². The minimum atomic E-state index is -0.0919. The number of nitrogens with zero attached hydrogens (tertiary/aromatic N) is 3. The predicted molar refractivity (Wildman–Crippen MR) is 116 cm³/mol. The first-order valence-corrected chi connectivity index (χ1v) is 9.33. The lowest BCUT2D eigenvalue weighted by Gasteiger charge is -2.08. The molecule has 7 heteroatoms. The second-order valence-corrected chi connectivity index (χ2v) is 6.78. The minimum Gasteiger partial charge on any atom is -0.352 e. The number of anilines is 4. The SMILES string of the molecule is CC(=O)Nc1ccc(Nc2cc3c(cn2)nc(NCc2ccccc2)n3C)cc1. The van der Waals surface area contributed by atoms with E-state index in [-0.39, 0.29) is 5.91 Å². The third kappa shape index (κ3) is 4.35. The molecule has 0 aliphatic heterocycles. The van der Waals surface area contributed by atoms with Crippen molar-refractivity contribution >= 4 is 40.1 Å². The summed E-state index contributed by atoms with van der Waals surface area (Å²) in [5.74, 6) is 1.43. The molecule has 2 aromatic carbocycles. The molecule has 0 spiro atoms. The Kier molecular flexibility index (Phi) is 5.11. The molecule has 0 aliphatic carbocycles. The van der Waals surface area contributed by atoms with Crippen molar-refractivity contribution in [2.45, 2.75) is 13.5 Å². The number of rotatable bonds is 6. The van der Waals surface area contributed by atoms with Gasteiger partial charge >= 0.3 is 0 Å². The zero-order chi connectivity index (χ0) is 20.2. The summed E-state index contributed by atoms with van der Waals surface area (Å²) in [7, 11) is 1.98. The van der Waals surface area contributed by atoms with Crippen LogP contribution in [0, 0.1) is 0 Å². The van der Waals surface area contributed by atoms with E-state index in [9.17, 15) is 4.79 Å². The number of aromatic nitrogens is 3. The quantitative estimate of drug-likeness (QED) is 0.461. The van der Waals surface area contributed by atoms with Crippen LogP contribution in [0.4, 0.5) is 23.1 Å². The monoisotopic (exact) mass is 386 g/mol. The lowest BCUT2D eigenvalue weighted by Crippen LogP contribution is -2.05. The fraction of sp³-hybridized carbons (Fsp3) is 0.136. The maximum Gasteiger partial charge on any atom is 0.221 e. The molecule has 0 bridgehead atoms. The zero-order valence-electron chi connectivity index (χ0n) is 16.3. The highest BCUT2D eigenvalue weighted by Gasteiger charge is 2.09. The van der Waals surface area contributed by atoms with Crippen molar-refractivity contribution in [1.29, 1.82) is 0 Å². The van der Waals surface area contributed by atoms with Gasteiger partial charge in [0.15, 0.2) is 0 Å². The van der Waals surface area contributed by atoms with Gasteiger partial charge in [0, 0.05) is 38.0 Å². The fourth-order valence-corrected chi connectivity index (χ4v) is 3.09. The summed E-state index contributed by atoms with van der Waals surface area (Å²) in [6.07, 6.45) is 1.76. The van der Waals surface area contributed by atoms with Gasteiger partial charge in [0.25, 0.3) is 0 Å².